The van der Waals surface area contributed by atoms with E-state index in [9.17, 15) is 26.4 Å². The quantitative estimate of drug-likeness (QED) is 0.349. The van der Waals surface area contributed by atoms with Crippen molar-refractivity contribution < 1.29 is 35.3 Å². The van der Waals surface area contributed by atoms with Crippen molar-refractivity contribution in [2.45, 2.75) is 64.3 Å². The highest BCUT2D eigenvalue weighted by atomic mass is 32.2. The van der Waals surface area contributed by atoms with Crippen LogP contribution in [0.2, 0.25) is 0 Å². The van der Waals surface area contributed by atoms with Crippen molar-refractivity contribution in [3.05, 3.63) is 11.8 Å². The van der Waals surface area contributed by atoms with Gasteiger partial charge >= 0.3 is 21.6 Å². The minimum atomic E-state index is -5.66. The molecular weight excluding hydrogens is 385 g/mol. The monoisotopic (exact) mass is 412 g/mol. The minimum Gasteiger partial charge on any atom is -0.469 e. The molecule has 0 N–H and O–H groups in total. The number of methoxy groups -OCH3 is 1. The zero-order chi connectivity index (χ0) is 20.5. The molecule has 0 amide bonds. The Labute approximate surface area is 158 Å². The van der Waals surface area contributed by atoms with Gasteiger partial charge in [-0.1, -0.05) is 13.8 Å². The van der Waals surface area contributed by atoms with Gasteiger partial charge in [0.15, 0.2) is 0 Å². The number of halogens is 3. The molecule has 1 saturated carbocycles. The standard InChI is InChI=1S/C18H27F3O5S/c1-12(6-4-9-16(22)25-3)13-10-11-17(2)14(13)7-5-8-15(17)26-27(23,24)18(19,20)21/h8,12-14H,4-7,9-11H2,1-3H3/t12-,13+,14-,17-/m1/s1. The van der Waals surface area contributed by atoms with Gasteiger partial charge in [-0.3, -0.25) is 4.79 Å². The van der Waals surface area contributed by atoms with E-state index in [2.05, 4.69) is 15.8 Å². The number of hydrogen-bond donors (Lipinski definition) is 0. The topological polar surface area (TPSA) is 69.7 Å². The van der Waals surface area contributed by atoms with E-state index in [1.54, 1.807) is 6.92 Å². The first-order valence-electron chi connectivity index (χ1n) is 9.20. The lowest BCUT2D eigenvalue weighted by molar-refractivity contribution is -0.140. The van der Waals surface area contributed by atoms with Crippen LogP contribution < -0.4 is 0 Å². The maximum Gasteiger partial charge on any atom is 0.534 e. The summed E-state index contributed by atoms with van der Waals surface area (Å²) in [5, 5.41) is 0. The molecule has 2 rings (SSSR count). The van der Waals surface area contributed by atoms with Crippen molar-refractivity contribution in [3.8, 4) is 0 Å². The Hall–Kier alpha value is -1.25. The van der Waals surface area contributed by atoms with Gasteiger partial charge in [-0.25, -0.2) is 0 Å². The summed E-state index contributed by atoms with van der Waals surface area (Å²) in [5.41, 5.74) is -6.14. The Balaban J connectivity index is 2.08. The van der Waals surface area contributed by atoms with E-state index < -0.39 is 21.0 Å². The van der Waals surface area contributed by atoms with Gasteiger partial charge in [0.2, 0.25) is 0 Å². The van der Waals surface area contributed by atoms with Gasteiger partial charge in [-0.15, -0.1) is 0 Å². The highest BCUT2D eigenvalue weighted by Crippen LogP contribution is 2.58. The van der Waals surface area contributed by atoms with E-state index >= 15 is 0 Å². The highest BCUT2D eigenvalue weighted by molar-refractivity contribution is 7.87. The van der Waals surface area contributed by atoms with Gasteiger partial charge < -0.3 is 8.92 Å². The number of esters is 1. The molecule has 0 saturated heterocycles. The number of allylic oxidation sites excluding steroid dienone is 2. The maximum atomic E-state index is 12.7. The molecule has 2 aliphatic carbocycles. The van der Waals surface area contributed by atoms with Crippen molar-refractivity contribution in [2.24, 2.45) is 23.2 Å². The second-order valence-electron chi connectivity index (χ2n) is 7.80. The van der Waals surface area contributed by atoms with Gasteiger partial charge in [0.25, 0.3) is 0 Å². The molecule has 0 heterocycles. The molecule has 0 aromatic carbocycles. The fourth-order valence-corrected chi connectivity index (χ4v) is 5.24. The lowest BCUT2D eigenvalue weighted by Gasteiger charge is -2.40. The molecule has 9 heteroatoms. The first-order valence-corrected chi connectivity index (χ1v) is 10.6. The third-order valence-electron chi connectivity index (χ3n) is 6.18. The Kier molecular flexibility index (Phi) is 6.54. The van der Waals surface area contributed by atoms with Gasteiger partial charge in [0.05, 0.1) is 7.11 Å². The average molecular weight is 412 g/mol. The van der Waals surface area contributed by atoms with E-state index in [0.29, 0.717) is 25.7 Å². The van der Waals surface area contributed by atoms with Crippen molar-refractivity contribution in [1.29, 1.82) is 0 Å². The van der Waals surface area contributed by atoms with Crippen molar-refractivity contribution >= 4 is 16.1 Å². The molecule has 5 nitrogen and oxygen atoms in total. The number of carbonyl (C=O) groups excluding carboxylic acids is 1. The number of ether oxygens (including phenoxy) is 1. The Bertz CT molecular complexity index is 686. The van der Waals surface area contributed by atoms with E-state index in [-0.39, 0.29) is 29.5 Å². The third kappa shape index (κ3) is 4.60. The molecule has 27 heavy (non-hydrogen) atoms. The molecule has 0 aliphatic heterocycles. The van der Waals surface area contributed by atoms with Crippen LogP contribution in [0.25, 0.3) is 0 Å². The molecule has 0 bridgehead atoms. The third-order valence-corrected chi connectivity index (χ3v) is 7.15. The minimum absolute atomic E-state index is 0.0639. The van der Waals surface area contributed by atoms with Crippen LogP contribution in [0.4, 0.5) is 13.2 Å². The first kappa shape index (κ1) is 22.0. The van der Waals surface area contributed by atoms with E-state index in [0.717, 1.165) is 19.3 Å². The molecule has 0 unspecified atom stereocenters. The van der Waals surface area contributed by atoms with E-state index in [1.807, 2.05) is 0 Å². The molecular formula is C18H27F3O5S. The van der Waals surface area contributed by atoms with Gasteiger partial charge in [0, 0.05) is 11.8 Å². The Morgan fingerprint density at radius 3 is 2.63 bits per heavy atom. The fraction of sp³-hybridized carbons (Fsp3) is 0.833. The number of rotatable bonds is 7. The van der Waals surface area contributed by atoms with Crippen LogP contribution in [0.5, 0.6) is 0 Å². The fourth-order valence-electron chi connectivity index (χ4n) is 4.65. The maximum absolute atomic E-state index is 12.7. The van der Waals surface area contributed by atoms with Crippen LogP contribution in [0, 0.1) is 23.2 Å². The van der Waals surface area contributed by atoms with Crippen molar-refractivity contribution in [1.82, 2.24) is 0 Å². The lowest BCUT2D eigenvalue weighted by atomic mass is 9.67. The molecule has 0 aromatic heterocycles. The second-order valence-corrected chi connectivity index (χ2v) is 9.34. The lowest BCUT2D eigenvalue weighted by Crippen LogP contribution is -2.36. The molecule has 4 atom stereocenters. The number of carbonyl (C=O) groups is 1. The largest absolute Gasteiger partial charge is 0.534 e. The summed E-state index contributed by atoms with van der Waals surface area (Å²) >= 11 is 0. The predicted octanol–water partition coefficient (Wildman–Crippen LogP) is 4.54. The summed E-state index contributed by atoms with van der Waals surface area (Å²) in [5.74, 6) is 0.273. The van der Waals surface area contributed by atoms with Crippen molar-refractivity contribution in [2.75, 3.05) is 7.11 Å². The number of alkyl halides is 3. The molecule has 2 aliphatic rings. The molecule has 0 spiro atoms. The van der Waals surface area contributed by atoms with Crippen LogP contribution in [0.3, 0.4) is 0 Å². The van der Waals surface area contributed by atoms with Crippen LogP contribution in [0.1, 0.15) is 58.8 Å². The average Bonchev–Trinajstić information content (AvgIpc) is 2.92. The zero-order valence-corrected chi connectivity index (χ0v) is 16.7. The predicted molar refractivity (Wildman–Crippen MR) is 92.7 cm³/mol. The molecule has 0 radical (unpaired) electrons. The highest BCUT2D eigenvalue weighted by Gasteiger charge is 2.55. The molecule has 156 valence electrons. The van der Waals surface area contributed by atoms with Gasteiger partial charge in [-0.2, -0.15) is 21.6 Å². The van der Waals surface area contributed by atoms with E-state index in [4.69, 9.17) is 0 Å². The SMILES string of the molecule is COC(=O)CCC[C@@H](C)[C@@H]1CC[C@@]2(C)C(OS(=O)(=O)C(F)(F)F)=CCC[C@H]12. The normalized spacial score (nSPS) is 29.6. The van der Waals surface area contributed by atoms with Crippen LogP contribution >= 0.6 is 0 Å². The summed E-state index contributed by atoms with van der Waals surface area (Å²) in [6, 6.07) is 0. The summed E-state index contributed by atoms with van der Waals surface area (Å²) in [4.78, 5) is 11.3. The van der Waals surface area contributed by atoms with Crippen LogP contribution in [0.15, 0.2) is 11.8 Å². The Morgan fingerprint density at radius 2 is 2.04 bits per heavy atom. The molecule has 1 fully saturated rings. The van der Waals surface area contributed by atoms with Gasteiger partial charge in [-0.05, 0) is 62.4 Å². The number of fused-ring (bicyclic) bond motifs is 1. The summed E-state index contributed by atoms with van der Waals surface area (Å²) < 4.78 is 70.3. The summed E-state index contributed by atoms with van der Waals surface area (Å²) in [6.07, 6.45) is 6.01. The summed E-state index contributed by atoms with van der Waals surface area (Å²) in [6.45, 7) is 3.88. The smallest absolute Gasteiger partial charge is 0.469 e. The first-order chi connectivity index (χ1) is 12.4. The second kappa shape index (κ2) is 8.01. The van der Waals surface area contributed by atoms with Crippen molar-refractivity contribution in [3.63, 3.8) is 0 Å². The summed E-state index contributed by atoms with van der Waals surface area (Å²) in [7, 11) is -4.31. The van der Waals surface area contributed by atoms with E-state index in [1.165, 1.54) is 13.2 Å². The van der Waals surface area contributed by atoms with Crippen LogP contribution in [-0.2, 0) is 23.8 Å². The van der Waals surface area contributed by atoms with Crippen LogP contribution in [-0.4, -0.2) is 27.0 Å². The number of hydrogen-bond acceptors (Lipinski definition) is 5. The van der Waals surface area contributed by atoms with Gasteiger partial charge in [0.1, 0.15) is 5.76 Å². The molecule has 0 aromatic rings. The Morgan fingerprint density at radius 1 is 1.37 bits per heavy atom. The zero-order valence-electron chi connectivity index (χ0n) is 15.8.